The van der Waals surface area contributed by atoms with Crippen molar-refractivity contribution in [1.29, 1.82) is 0 Å². The number of para-hydroxylation sites is 1. The molecule has 0 aliphatic carbocycles. The summed E-state index contributed by atoms with van der Waals surface area (Å²) in [6.07, 6.45) is -10.5. The van der Waals surface area contributed by atoms with Gasteiger partial charge in [0.15, 0.2) is 6.23 Å². The van der Waals surface area contributed by atoms with E-state index < -0.39 is 54.3 Å². The lowest BCUT2D eigenvalue weighted by atomic mass is 10.1. The molecule has 0 bridgehead atoms. The summed E-state index contributed by atoms with van der Waals surface area (Å²) < 4.78 is 48.8. The van der Waals surface area contributed by atoms with Crippen molar-refractivity contribution in [3.8, 4) is 0 Å². The van der Waals surface area contributed by atoms with Crippen LogP contribution in [0.4, 0.5) is 19.0 Å². The molecule has 5 atom stereocenters. The van der Waals surface area contributed by atoms with E-state index >= 15 is 0 Å². The molecule has 1 amide bonds. The average molecular weight is 520 g/mol. The molecule has 1 fully saturated rings. The maximum absolute atomic E-state index is 12.5. The lowest BCUT2D eigenvalue weighted by Gasteiger charge is -2.20. The minimum atomic E-state index is -5.16. The van der Waals surface area contributed by atoms with E-state index in [4.69, 9.17) is 10.5 Å². The maximum Gasteiger partial charge on any atom is 0.471 e. The predicted molar refractivity (Wildman–Crippen MR) is 118 cm³/mol. The largest absolute Gasteiger partial charge is 0.471 e. The van der Waals surface area contributed by atoms with Crippen LogP contribution in [0.25, 0.3) is 10.9 Å². The van der Waals surface area contributed by atoms with Crippen molar-refractivity contribution >= 4 is 40.4 Å². The number of rotatable bonds is 8. The minimum Gasteiger partial charge on any atom is -0.467 e. The van der Waals surface area contributed by atoms with E-state index in [0.717, 1.165) is 23.4 Å². The van der Waals surface area contributed by atoms with Gasteiger partial charge in [-0.05, 0) is 24.3 Å². The van der Waals surface area contributed by atoms with Gasteiger partial charge in [0.1, 0.15) is 24.1 Å². The van der Waals surface area contributed by atoms with Crippen LogP contribution < -0.4 is 16.7 Å². The van der Waals surface area contributed by atoms with E-state index in [1.807, 2.05) is 0 Å². The number of halogens is 3. The number of hydrogen-bond donors (Lipinski definition) is 4. The second-order valence-corrected chi connectivity index (χ2v) is 8.77. The van der Waals surface area contributed by atoms with Gasteiger partial charge in [0, 0.05) is 11.1 Å². The smallest absolute Gasteiger partial charge is 0.467 e. The fraction of sp³-hybridized carbons (Fsp3) is 0.500. The molecule has 5 N–H and O–H groups in total. The highest BCUT2D eigenvalue weighted by Crippen LogP contribution is 2.33. The molecular weight excluding hydrogens is 497 g/mol. The van der Waals surface area contributed by atoms with Gasteiger partial charge in [-0.15, -0.1) is 0 Å². The number of aromatic nitrogens is 2. The Morgan fingerprint density at radius 2 is 2.00 bits per heavy atom. The third-order valence-corrected chi connectivity index (χ3v) is 6.42. The molecule has 15 heteroatoms. The first kappa shape index (κ1) is 26.7. The molecule has 35 heavy (non-hydrogen) atoms. The molecule has 192 valence electrons. The highest BCUT2D eigenvalue weighted by Gasteiger charge is 2.45. The quantitative estimate of drug-likeness (QED) is 0.274. The normalized spacial score (nSPS) is 23.3. The summed E-state index contributed by atoms with van der Waals surface area (Å²) in [5.74, 6) is -3.17. The molecule has 0 spiro atoms. The number of methoxy groups -OCH3 is 1. The topological polar surface area (TPSA) is 166 Å². The number of carbonyl (C=O) groups is 2. The number of hydrogen-bond acceptors (Lipinski definition) is 10. The lowest BCUT2D eigenvalue weighted by Crippen LogP contribution is -2.47. The number of nitrogens with one attached hydrogen (secondary N) is 1. The van der Waals surface area contributed by atoms with Crippen LogP contribution >= 0.6 is 11.8 Å². The number of aliphatic hydroxyl groups excluding tert-OH is 2. The number of esters is 1. The Balaban J connectivity index is 1.65. The molecule has 2 aromatic rings. The summed E-state index contributed by atoms with van der Waals surface area (Å²) in [6.45, 7) is 0. The average Bonchev–Trinajstić information content (AvgIpc) is 3.08. The molecule has 1 aliphatic rings. The summed E-state index contributed by atoms with van der Waals surface area (Å²) in [6, 6.07) is 5.03. The number of fused-ring (bicyclic) bond motifs is 1. The van der Waals surface area contributed by atoms with Crippen LogP contribution in [0.15, 0.2) is 29.1 Å². The SMILES string of the molecule is COC(=O)[C@H](CCSC[C@H]1O[C@@H](n2c(=O)nc(N)c3ccccc32)[C@H](O)[C@@H]1O)NC(=O)C(F)(F)F. The van der Waals surface area contributed by atoms with Gasteiger partial charge in [0.05, 0.1) is 18.7 Å². The van der Waals surface area contributed by atoms with Crippen molar-refractivity contribution in [2.45, 2.75) is 43.2 Å². The molecule has 3 rings (SSSR count). The Bertz CT molecular complexity index is 1150. The molecule has 1 saturated heterocycles. The highest BCUT2D eigenvalue weighted by atomic mass is 32.2. The number of ether oxygens (including phenoxy) is 2. The summed E-state index contributed by atoms with van der Waals surface area (Å²) in [7, 11) is 0.976. The zero-order valence-corrected chi connectivity index (χ0v) is 19.1. The molecule has 2 heterocycles. The van der Waals surface area contributed by atoms with Crippen LogP contribution in [-0.4, -0.2) is 80.8 Å². The number of nitrogens with two attached hydrogens (primary N) is 1. The Morgan fingerprint density at radius 3 is 2.66 bits per heavy atom. The molecule has 0 radical (unpaired) electrons. The van der Waals surface area contributed by atoms with Gasteiger partial charge in [-0.2, -0.15) is 29.9 Å². The van der Waals surface area contributed by atoms with E-state index in [0.29, 0.717) is 10.9 Å². The van der Waals surface area contributed by atoms with Gasteiger partial charge in [0.25, 0.3) is 0 Å². The van der Waals surface area contributed by atoms with Crippen molar-refractivity contribution in [2.24, 2.45) is 0 Å². The van der Waals surface area contributed by atoms with Crippen molar-refractivity contribution in [3.05, 3.63) is 34.7 Å². The monoisotopic (exact) mass is 520 g/mol. The molecule has 0 unspecified atom stereocenters. The van der Waals surface area contributed by atoms with Gasteiger partial charge in [-0.3, -0.25) is 9.36 Å². The first-order valence-corrected chi connectivity index (χ1v) is 11.4. The summed E-state index contributed by atoms with van der Waals surface area (Å²) in [5, 5.41) is 23.0. The first-order chi connectivity index (χ1) is 16.5. The number of amides is 1. The number of anilines is 1. The number of alkyl halides is 3. The van der Waals surface area contributed by atoms with Gasteiger partial charge in [-0.25, -0.2) is 9.59 Å². The van der Waals surface area contributed by atoms with Crippen molar-refractivity contribution < 1.29 is 42.4 Å². The van der Waals surface area contributed by atoms with E-state index in [2.05, 4.69) is 9.72 Å². The van der Waals surface area contributed by atoms with Crippen LogP contribution in [0, 0.1) is 0 Å². The molecule has 0 saturated carbocycles. The second-order valence-electron chi connectivity index (χ2n) is 7.62. The molecule has 1 aliphatic heterocycles. The van der Waals surface area contributed by atoms with Gasteiger partial charge in [0.2, 0.25) is 0 Å². The van der Waals surface area contributed by atoms with Crippen molar-refractivity contribution in [2.75, 3.05) is 24.3 Å². The highest BCUT2D eigenvalue weighted by molar-refractivity contribution is 7.99. The fourth-order valence-corrected chi connectivity index (χ4v) is 4.66. The molecule has 11 nitrogen and oxygen atoms in total. The van der Waals surface area contributed by atoms with Crippen LogP contribution in [-0.2, 0) is 19.1 Å². The van der Waals surface area contributed by atoms with E-state index in [9.17, 15) is 37.8 Å². The van der Waals surface area contributed by atoms with Crippen molar-refractivity contribution in [1.82, 2.24) is 14.9 Å². The van der Waals surface area contributed by atoms with Gasteiger partial charge in [-0.1, -0.05) is 12.1 Å². The predicted octanol–water partition coefficient (Wildman–Crippen LogP) is -0.0587. The summed E-state index contributed by atoms with van der Waals surface area (Å²) in [5.41, 5.74) is 5.36. The third-order valence-electron chi connectivity index (χ3n) is 5.33. The zero-order chi connectivity index (χ0) is 25.9. The Hall–Kier alpha value is -2.88. The second kappa shape index (κ2) is 10.8. The Labute approximate surface area is 200 Å². The lowest BCUT2D eigenvalue weighted by molar-refractivity contribution is -0.175. The fourth-order valence-electron chi connectivity index (χ4n) is 3.58. The Morgan fingerprint density at radius 1 is 1.31 bits per heavy atom. The van der Waals surface area contributed by atoms with Crippen LogP contribution in [0.1, 0.15) is 12.6 Å². The van der Waals surface area contributed by atoms with E-state index in [-0.39, 0.29) is 23.7 Å². The standard InChI is InChI=1S/C20H23F3N4O7S/c1-33-17(30)10(25-18(31)20(21,22)23)6-7-35-8-12-13(28)14(29)16(34-12)27-11-5-3-2-4-9(11)15(24)26-19(27)32/h2-5,10,12-14,16,28-29H,6-8H2,1H3,(H,25,31)(H2,24,26,32)/t10-,12+,13+,14+,16+/m0/s1. The molecule has 1 aromatic carbocycles. The van der Waals surface area contributed by atoms with Crippen LogP contribution in [0.3, 0.4) is 0 Å². The van der Waals surface area contributed by atoms with E-state index in [1.54, 1.807) is 29.6 Å². The zero-order valence-electron chi connectivity index (χ0n) is 18.3. The number of carbonyl (C=O) groups excluding carboxylic acids is 2. The maximum atomic E-state index is 12.5. The molecule has 1 aromatic heterocycles. The molecular formula is C20H23F3N4O7S. The third kappa shape index (κ3) is 5.86. The van der Waals surface area contributed by atoms with E-state index in [1.165, 1.54) is 0 Å². The van der Waals surface area contributed by atoms with Crippen LogP contribution in [0.5, 0.6) is 0 Å². The number of aliphatic hydroxyl groups is 2. The number of nitrogen functional groups attached to an aromatic ring is 1. The van der Waals surface area contributed by atoms with Gasteiger partial charge < -0.3 is 30.7 Å². The minimum absolute atomic E-state index is 0.000218. The summed E-state index contributed by atoms with van der Waals surface area (Å²) >= 11 is 1.10. The summed E-state index contributed by atoms with van der Waals surface area (Å²) in [4.78, 5) is 39.1. The number of benzene rings is 1. The van der Waals surface area contributed by atoms with Gasteiger partial charge >= 0.3 is 23.7 Å². The van der Waals surface area contributed by atoms with Crippen molar-refractivity contribution in [3.63, 3.8) is 0 Å². The Kier molecular flexibility index (Phi) is 8.25. The first-order valence-electron chi connectivity index (χ1n) is 10.3. The number of thioether (sulfide) groups is 1. The number of nitrogens with zero attached hydrogens (tertiary/aromatic N) is 2. The van der Waals surface area contributed by atoms with Crippen LogP contribution in [0.2, 0.25) is 0 Å².